The monoisotopic (exact) mass is 406 g/mol. The van der Waals surface area contributed by atoms with Crippen LogP contribution in [-0.4, -0.2) is 36.1 Å². The largest absolute Gasteiger partial charge is 0.467 e. The van der Waals surface area contributed by atoms with Gasteiger partial charge in [0.25, 0.3) is 5.91 Å². The number of rotatable bonds is 6. The molecule has 0 N–H and O–H groups in total. The number of furan rings is 1. The van der Waals surface area contributed by atoms with Crippen LogP contribution in [-0.2, 0) is 17.8 Å². The highest BCUT2D eigenvalue weighted by Crippen LogP contribution is 2.30. The van der Waals surface area contributed by atoms with Crippen molar-refractivity contribution >= 4 is 29.3 Å². The minimum Gasteiger partial charge on any atom is -0.467 e. The molecule has 1 aromatic heterocycles. The first kappa shape index (κ1) is 19.3. The molecule has 0 unspecified atom stereocenters. The van der Waals surface area contributed by atoms with Gasteiger partial charge in [0, 0.05) is 24.2 Å². The molecule has 0 radical (unpaired) electrons. The molecule has 0 fully saturated rings. The SMILES string of the molecule is CN(Cc1ccco1)C(=O)c1ccccc1SCC(=O)N1CCc2ccccc21. The van der Waals surface area contributed by atoms with Crippen LogP contribution in [0.5, 0.6) is 0 Å². The zero-order valence-corrected chi connectivity index (χ0v) is 17.0. The average Bonchev–Trinajstić information content (AvgIpc) is 3.41. The summed E-state index contributed by atoms with van der Waals surface area (Å²) in [6.45, 7) is 1.11. The lowest BCUT2D eigenvalue weighted by atomic mass is 10.2. The van der Waals surface area contributed by atoms with E-state index in [1.807, 2.05) is 47.4 Å². The lowest BCUT2D eigenvalue weighted by Gasteiger charge is -2.19. The summed E-state index contributed by atoms with van der Waals surface area (Å²) in [7, 11) is 1.75. The van der Waals surface area contributed by atoms with Gasteiger partial charge in [-0.1, -0.05) is 30.3 Å². The van der Waals surface area contributed by atoms with E-state index in [1.54, 1.807) is 30.3 Å². The molecule has 0 spiro atoms. The van der Waals surface area contributed by atoms with Crippen molar-refractivity contribution in [2.45, 2.75) is 17.9 Å². The minimum atomic E-state index is -0.0940. The van der Waals surface area contributed by atoms with Crippen LogP contribution in [0.15, 0.2) is 76.2 Å². The molecule has 29 heavy (non-hydrogen) atoms. The van der Waals surface area contributed by atoms with Crippen molar-refractivity contribution in [3.8, 4) is 0 Å². The molecule has 4 rings (SSSR count). The lowest BCUT2D eigenvalue weighted by Crippen LogP contribution is -2.30. The lowest BCUT2D eigenvalue weighted by molar-refractivity contribution is -0.116. The number of anilines is 1. The summed E-state index contributed by atoms with van der Waals surface area (Å²) in [5.41, 5.74) is 2.81. The Labute approximate surface area is 174 Å². The summed E-state index contributed by atoms with van der Waals surface area (Å²) >= 11 is 1.41. The maximum absolute atomic E-state index is 12.9. The fourth-order valence-corrected chi connectivity index (χ4v) is 4.42. The molecule has 1 aliphatic heterocycles. The molecule has 2 amide bonds. The Morgan fingerprint density at radius 2 is 1.86 bits per heavy atom. The molecule has 5 nitrogen and oxygen atoms in total. The third kappa shape index (κ3) is 4.22. The molecule has 3 aromatic rings. The molecule has 0 saturated carbocycles. The van der Waals surface area contributed by atoms with Gasteiger partial charge in [0.05, 0.1) is 24.1 Å². The van der Waals surface area contributed by atoms with Crippen molar-refractivity contribution in [2.24, 2.45) is 0 Å². The van der Waals surface area contributed by atoms with Gasteiger partial charge in [0.1, 0.15) is 5.76 Å². The summed E-state index contributed by atoms with van der Waals surface area (Å²) in [4.78, 5) is 30.0. The molecule has 2 aromatic carbocycles. The highest BCUT2D eigenvalue weighted by atomic mass is 32.2. The topological polar surface area (TPSA) is 53.8 Å². The van der Waals surface area contributed by atoms with Crippen LogP contribution < -0.4 is 4.90 Å². The normalized spacial score (nSPS) is 12.7. The van der Waals surface area contributed by atoms with E-state index in [0.29, 0.717) is 24.4 Å². The number of benzene rings is 2. The fraction of sp³-hybridized carbons (Fsp3) is 0.217. The van der Waals surface area contributed by atoms with Crippen molar-refractivity contribution < 1.29 is 14.0 Å². The van der Waals surface area contributed by atoms with E-state index in [9.17, 15) is 9.59 Å². The standard InChI is InChI=1S/C23H22N2O3S/c1-24(15-18-8-6-14-28-18)23(27)19-9-3-5-11-21(19)29-16-22(26)25-13-12-17-7-2-4-10-20(17)25/h2-11,14H,12-13,15-16H2,1H3. The number of thioether (sulfide) groups is 1. The fourth-order valence-electron chi connectivity index (χ4n) is 3.50. The quantitative estimate of drug-likeness (QED) is 0.575. The second kappa shape index (κ2) is 8.57. The molecule has 148 valence electrons. The van der Waals surface area contributed by atoms with Crippen molar-refractivity contribution in [3.05, 3.63) is 83.8 Å². The number of hydrogen-bond acceptors (Lipinski definition) is 4. The van der Waals surface area contributed by atoms with Crippen molar-refractivity contribution in [1.82, 2.24) is 4.90 Å². The second-order valence-corrected chi connectivity index (χ2v) is 7.97. The predicted octanol–water partition coefficient (Wildman–Crippen LogP) is 4.23. The smallest absolute Gasteiger partial charge is 0.255 e. The summed E-state index contributed by atoms with van der Waals surface area (Å²) < 4.78 is 5.34. The highest BCUT2D eigenvalue weighted by Gasteiger charge is 2.24. The molecule has 0 bridgehead atoms. The van der Waals surface area contributed by atoms with Gasteiger partial charge in [0.15, 0.2) is 0 Å². The number of amides is 2. The summed E-state index contributed by atoms with van der Waals surface area (Å²) in [6.07, 6.45) is 2.48. The van der Waals surface area contributed by atoms with Crippen LogP contribution in [0.4, 0.5) is 5.69 Å². The number of fused-ring (bicyclic) bond motifs is 1. The number of nitrogens with zero attached hydrogens (tertiary/aromatic N) is 2. The molecule has 2 heterocycles. The summed E-state index contributed by atoms with van der Waals surface area (Å²) in [5, 5.41) is 0. The van der Waals surface area contributed by atoms with Crippen LogP contribution in [0, 0.1) is 0 Å². The summed E-state index contributed by atoms with van der Waals surface area (Å²) in [5.74, 6) is 0.990. The number of para-hydroxylation sites is 1. The zero-order valence-electron chi connectivity index (χ0n) is 16.2. The maximum Gasteiger partial charge on any atom is 0.255 e. The molecule has 6 heteroatoms. The summed E-state index contributed by atoms with van der Waals surface area (Å²) in [6, 6.07) is 19.1. The third-order valence-electron chi connectivity index (χ3n) is 4.98. The van der Waals surface area contributed by atoms with Gasteiger partial charge in [-0.25, -0.2) is 0 Å². The van der Waals surface area contributed by atoms with Crippen molar-refractivity contribution in [3.63, 3.8) is 0 Å². The van der Waals surface area contributed by atoms with Crippen LogP contribution in [0.3, 0.4) is 0 Å². The first-order valence-corrected chi connectivity index (χ1v) is 10.5. The predicted molar refractivity (Wildman–Crippen MR) is 114 cm³/mol. The Morgan fingerprint density at radius 1 is 1.07 bits per heavy atom. The van der Waals surface area contributed by atoms with Gasteiger partial charge >= 0.3 is 0 Å². The first-order valence-electron chi connectivity index (χ1n) is 9.51. The van der Waals surface area contributed by atoms with E-state index >= 15 is 0 Å². The van der Waals surface area contributed by atoms with Crippen LogP contribution in [0.2, 0.25) is 0 Å². The minimum absolute atomic E-state index is 0.0612. The third-order valence-corrected chi connectivity index (χ3v) is 6.03. The van der Waals surface area contributed by atoms with E-state index in [2.05, 4.69) is 6.07 Å². The molecule has 1 aliphatic rings. The van der Waals surface area contributed by atoms with Gasteiger partial charge in [-0.05, 0) is 42.3 Å². The Bertz CT molecular complexity index is 1020. The van der Waals surface area contributed by atoms with Crippen molar-refractivity contribution in [2.75, 3.05) is 24.2 Å². The van der Waals surface area contributed by atoms with E-state index in [4.69, 9.17) is 4.42 Å². The van der Waals surface area contributed by atoms with E-state index in [-0.39, 0.29) is 11.8 Å². The van der Waals surface area contributed by atoms with Crippen LogP contribution in [0.1, 0.15) is 21.7 Å². The average molecular weight is 407 g/mol. The Kier molecular flexibility index (Phi) is 5.71. The maximum atomic E-state index is 12.9. The number of hydrogen-bond donors (Lipinski definition) is 0. The van der Waals surface area contributed by atoms with Crippen LogP contribution >= 0.6 is 11.8 Å². The van der Waals surface area contributed by atoms with Gasteiger partial charge < -0.3 is 14.2 Å². The van der Waals surface area contributed by atoms with Gasteiger partial charge in [-0.3, -0.25) is 9.59 Å². The van der Waals surface area contributed by atoms with Gasteiger partial charge in [-0.15, -0.1) is 11.8 Å². The Morgan fingerprint density at radius 3 is 2.69 bits per heavy atom. The Balaban J connectivity index is 1.43. The highest BCUT2D eigenvalue weighted by molar-refractivity contribution is 8.00. The van der Waals surface area contributed by atoms with E-state index in [1.165, 1.54) is 17.3 Å². The Hall–Kier alpha value is -2.99. The van der Waals surface area contributed by atoms with E-state index in [0.717, 1.165) is 22.8 Å². The number of carbonyl (C=O) groups excluding carboxylic acids is 2. The first-order chi connectivity index (χ1) is 14.1. The zero-order chi connectivity index (χ0) is 20.2. The molecule has 0 saturated heterocycles. The van der Waals surface area contributed by atoms with Crippen molar-refractivity contribution in [1.29, 1.82) is 0 Å². The molecular weight excluding hydrogens is 384 g/mol. The second-order valence-electron chi connectivity index (χ2n) is 6.95. The molecule has 0 atom stereocenters. The van der Waals surface area contributed by atoms with Gasteiger partial charge in [-0.2, -0.15) is 0 Å². The number of carbonyl (C=O) groups is 2. The van der Waals surface area contributed by atoms with E-state index < -0.39 is 0 Å². The van der Waals surface area contributed by atoms with Crippen LogP contribution in [0.25, 0.3) is 0 Å². The molecular formula is C23H22N2O3S. The van der Waals surface area contributed by atoms with Gasteiger partial charge in [0.2, 0.25) is 5.91 Å². The molecule has 0 aliphatic carbocycles.